The summed E-state index contributed by atoms with van der Waals surface area (Å²) < 4.78 is 0. The molecule has 0 aromatic heterocycles. The van der Waals surface area contributed by atoms with E-state index in [2.05, 4.69) is 29.8 Å². The van der Waals surface area contributed by atoms with Crippen LogP contribution in [0.25, 0.3) is 0 Å². The molecule has 1 aliphatic rings. The first-order valence-electron chi connectivity index (χ1n) is 6.47. The van der Waals surface area contributed by atoms with E-state index in [-0.39, 0.29) is 30.4 Å². The van der Waals surface area contributed by atoms with Gasteiger partial charge in [-0.25, -0.2) is 0 Å². The Morgan fingerprint density at radius 1 is 1.47 bits per heavy atom. The second-order valence-electron chi connectivity index (χ2n) is 4.45. The maximum Gasteiger partial charge on any atom is 0.237 e. The molecule has 0 spiro atoms. The maximum absolute atomic E-state index is 11.6. The minimum Gasteiger partial charge on any atom is -0.355 e. The van der Waals surface area contributed by atoms with E-state index in [9.17, 15) is 9.59 Å². The van der Waals surface area contributed by atoms with Crippen LogP contribution >= 0.6 is 0 Å². The second-order valence-corrected chi connectivity index (χ2v) is 4.45. The van der Waals surface area contributed by atoms with Crippen molar-refractivity contribution in [2.45, 2.75) is 51.6 Å². The lowest BCUT2D eigenvalue weighted by Crippen LogP contribution is -2.51. The lowest BCUT2D eigenvalue weighted by Gasteiger charge is -2.23. The minimum atomic E-state index is -0.212. The molecular formula is C12H23N3O2. The predicted octanol–water partition coefficient (Wildman–Crippen LogP) is 0.159. The standard InChI is InChI=1S/C12H23N3O2/c1-3-9(4-2)15-11(16)8-14-10-6-5-7-13-12(10)17/h9-10,14H,3-8H2,1-2H3,(H,13,17)(H,15,16). The van der Waals surface area contributed by atoms with Gasteiger partial charge in [-0.3, -0.25) is 14.9 Å². The topological polar surface area (TPSA) is 70.2 Å². The Bertz CT molecular complexity index is 264. The molecule has 1 aliphatic heterocycles. The van der Waals surface area contributed by atoms with Crippen LogP contribution in [0.5, 0.6) is 0 Å². The minimum absolute atomic E-state index is 0.00610. The lowest BCUT2D eigenvalue weighted by molar-refractivity contribution is -0.125. The monoisotopic (exact) mass is 241 g/mol. The normalized spacial score (nSPS) is 20.2. The van der Waals surface area contributed by atoms with Crippen LogP contribution in [0.2, 0.25) is 0 Å². The fraction of sp³-hybridized carbons (Fsp3) is 0.833. The summed E-state index contributed by atoms with van der Waals surface area (Å²) in [5.41, 5.74) is 0. The largest absolute Gasteiger partial charge is 0.355 e. The second kappa shape index (κ2) is 7.27. The first kappa shape index (κ1) is 14.0. The average Bonchev–Trinajstić information content (AvgIpc) is 2.35. The molecule has 0 aromatic carbocycles. The molecule has 1 rings (SSSR count). The Morgan fingerprint density at radius 3 is 2.76 bits per heavy atom. The predicted molar refractivity (Wildman–Crippen MR) is 66.5 cm³/mol. The van der Waals surface area contributed by atoms with Gasteiger partial charge in [-0.05, 0) is 25.7 Å². The Labute approximate surface area is 103 Å². The SMILES string of the molecule is CCC(CC)NC(=O)CNC1CCCNC1=O. The molecule has 0 saturated carbocycles. The fourth-order valence-corrected chi connectivity index (χ4v) is 1.95. The summed E-state index contributed by atoms with van der Waals surface area (Å²) >= 11 is 0. The zero-order chi connectivity index (χ0) is 12.7. The van der Waals surface area contributed by atoms with Crippen LogP contribution in [0, 0.1) is 0 Å². The summed E-state index contributed by atoms with van der Waals surface area (Å²) in [7, 11) is 0. The zero-order valence-electron chi connectivity index (χ0n) is 10.7. The van der Waals surface area contributed by atoms with Crippen LogP contribution in [0.1, 0.15) is 39.5 Å². The summed E-state index contributed by atoms with van der Waals surface area (Å²) in [5, 5.41) is 8.72. The van der Waals surface area contributed by atoms with E-state index in [4.69, 9.17) is 0 Å². The van der Waals surface area contributed by atoms with Crippen LogP contribution in [-0.4, -0.2) is 37.0 Å². The van der Waals surface area contributed by atoms with Crippen LogP contribution < -0.4 is 16.0 Å². The van der Waals surface area contributed by atoms with Crippen molar-refractivity contribution >= 4 is 11.8 Å². The Hall–Kier alpha value is -1.10. The van der Waals surface area contributed by atoms with E-state index in [1.807, 2.05) is 0 Å². The first-order valence-corrected chi connectivity index (χ1v) is 6.47. The summed E-state index contributed by atoms with van der Waals surface area (Å²) in [6.07, 6.45) is 3.65. The third-order valence-corrected chi connectivity index (χ3v) is 3.15. The number of rotatable bonds is 6. The third-order valence-electron chi connectivity index (χ3n) is 3.15. The van der Waals surface area contributed by atoms with Crippen molar-refractivity contribution in [3.63, 3.8) is 0 Å². The highest BCUT2D eigenvalue weighted by molar-refractivity contribution is 5.84. The third kappa shape index (κ3) is 4.73. The molecule has 98 valence electrons. The molecule has 1 saturated heterocycles. The Kier molecular flexibility index (Phi) is 5.97. The molecule has 0 aliphatic carbocycles. The average molecular weight is 241 g/mol. The summed E-state index contributed by atoms with van der Waals surface area (Å²) in [6.45, 7) is 5.07. The van der Waals surface area contributed by atoms with Gasteiger partial charge in [-0.15, -0.1) is 0 Å². The van der Waals surface area contributed by atoms with Crippen molar-refractivity contribution in [1.82, 2.24) is 16.0 Å². The van der Waals surface area contributed by atoms with Gasteiger partial charge in [0.2, 0.25) is 11.8 Å². The van der Waals surface area contributed by atoms with Gasteiger partial charge in [0.15, 0.2) is 0 Å². The molecule has 5 nitrogen and oxygen atoms in total. The lowest BCUT2D eigenvalue weighted by atomic mass is 10.1. The van der Waals surface area contributed by atoms with Gasteiger partial charge in [0.1, 0.15) is 0 Å². The van der Waals surface area contributed by atoms with Gasteiger partial charge in [0.25, 0.3) is 0 Å². The van der Waals surface area contributed by atoms with Crippen molar-refractivity contribution in [3.05, 3.63) is 0 Å². The summed E-state index contributed by atoms with van der Waals surface area (Å²) in [5.74, 6) is -0.0244. The highest BCUT2D eigenvalue weighted by Crippen LogP contribution is 2.02. The van der Waals surface area contributed by atoms with Crippen molar-refractivity contribution in [1.29, 1.82) is 0 Å². The van der Waals surface area contributed by atoms with Crippen LogP contribution in [-0.2, 0) is 9.59 Å². The first-order chi connectivity index (χ1) is 8.17. The van der Waals surface area contributed by atoms with Crippen molar-refractivity contribution in [2.24, 2.45) is 0 Å². The van der Waals surface area contributed by atoms with Crippen molar-refractivity contribution in [2.75, 3.05) is 13.1 Å². The fourth-order valence-electron chi connectivity index (χ4n) is 1.95. The van der Waals surface area contributed by atoms with Gasteiger partial charge in [0, 0.05) is 12.6 Å². The van der Waals surface area contributed by atoms with E-state index < -0.39 is 0 Å². The maximum atomic E-state index is 11.6. The van der Waals surface area contributed by atoms with Gasteiger partial charge in [-0.2, -0.15) is 0 Å². The quantitative estimate of drug-likeness (QED) is 0.620. The molecule has 1 heterocycles. The van der Waals surface area contributed by atoms with Gasteiger partial charge in [-0.1, -0.05) is 13.8 Å². The summed E-state index contributed by atoms with van der Waals surface area (Å²) in [4.78, 5) is 23.1. The number of carbonyl (C=O) groups excluding carboxylic acids is 2. The van der Waals surface area contributed by atoms with Crippen LogP contribution in [0.15, 0.2) is 0 Å². The number of hydrogen-bond acceptors (Lipinski definition) is 3. The molecule has 0 aromatic rings. The smallest absolute Gasteiger partial charge is 0.237 e. The van der Waals surface area contributed by atoms with E-state index in [0.29, 0.717) is 0 Å². The number of hydrogen-bond donors (Lipinski definition) is 3. The highest BCUT2D eigenvalue weighted by Gasteiger charge is 2.22. The number of carbonyl (C=O) groups is 2. The van der Waals surface area contributed by atoms with Crippen LogP contribution in [0.3, 0.4) is 0 Å². The molecular weight excluding hydrogens is 218 g/mol. The molecule has 5 heteroatoms. The summed E-state index contributed by atoms with van der Waals surface area (Å²) in [6, 6.07) is 0.0284. The van der Waals surface area contributed by atoms with Gasteiger partial charge >= 0.3 is 0 Å². The van der Waals surface area contributed by atoms with Gasteiger partial charge < -0.3 is 10.6 Å². The van der Waals surface area contributed by atoms with Crippen LogP contribution in [0.4, 0.5) is 0 Å². The molecule has 0 bridgehead atoms. The number of piperidine rings is 1. The molecule has 2 amide bonds. The zero-order valence-corrected chi connectivity index (χ0v) is 10.7. The van der Waals surface area contributed by atoms with E-state index in [1.54, 1.807) is 0 Å². The van der Waals surface area contributed by atoms with Crippen molar-refractivity contribution in [3.8, 4) is 0 Å². The Balaban J connectivity index is 2.25. The molecule has 1 atom stereocenters. The van der Waals surface area contributed by atoms with Crippen molar-refractivity contribution < 1.29 is 9.59 Å². The van der Waals surface area contributed by atoms with E-state index >= 15 is 0 Å². The highest BCUT2D eigenvalue weighted by atomic mass is 16.2. The molecule has 0 radical (unpaired) electrons. The molecule has 1 unspecified atom stereocenters. The molecule has 1 fully saturated rings. The van der Waals surface area contributed by atoms with E-state index in [0.717, 1.165) is 32.2 Å². The Morgan fingerprint density at radius 2 is 2.18 bits per heavy atom. The molecule has 17 heavy (non-hydrogen) atoms. The van der Waals surface area contributed by atoms with Gasteiger partial charge in [0.05, 0.1) is 12.6 Å². The van der Waals surface area contributed by atoms with E-state index in [1.165, 1.54) is 0 Å². The molecule has 3 N–H and O–H groups in total. The number of amides is 2. The number of nitrogens with one attached hydrogen (secondary N) is 3.